The highest BCUT2D eigenvalue weighted by molar-refractivity contribution is 5.92. The summed E-state index contributed by atoms with van der Waals surface area (Å²) in [5.41, 5.74) is 5.15. The van der Waals surface area contributed by atoms with E-state index >= 15 is 0 Å². The third kappa shape index (κ3) is 2.84. The average molecular weight is 358 g/mol. The summed E-state index contributed by atoms with van der Waals surface area (Å²) in [6.45, 7) is 2.00. The fraction of sp³-hybridized carbons (Fsp3) is 0.273. The smallest absolute Gasteiger partial charge is 0.137 e. The van der Waals surface area contributed by atoms with Gasteiger partial charge in [0.25, 0.3) is 0 Å². The maximum Gasteiger partial charge on any atom is 0.137 e. The molecule has 4 aromatic rings. The van der Waals surface area contributed by atoms with Crippen molar-refractivity contribution in [3.63, 3.8) is 0 Å². The number of aromatic nitrogens is 3. The third-order valence-electron chi connectivity index (χ3n) is 5.49. The third-order valence-corrected chi connectivity index (χ3v) is 5.49. The van der Waals surface area contributed by atoms with Crippen molar-refractivity contribution in [3.05, 3.63) is 60.9 Å². The molecule has 5 rings (SSSR count). The van der Waals surface area contributed by atoms with Crippen molar-refractivity contribution in [2.24, 2.45) is 0 Å². The molecule has 1 aromatic carbocycles. The molecule has 0 unspecified atom stereocenters. The average Bonchev–Trinajstić information content (AvgIpc) is 3.17. The Balaban J connectivity index is 1.59. The van der Waals surface area contributed by atoms with Crippen LogP contribution in [-0.4, -0.2) is 40.7 Å². The molecule has 0 saturated carbocycles. The molecule has 1 saturated heterocycles. The Bertz CT molecular complexity index is 1100. The Hall–Kier alpha value is -2.92. The second-order valence-electron chi connectivity index (χ2n) is 7.04. The first-order chi connectivity index (χ1) is 13.3. The van der Waals surface area contributed by atoms with Crippen LogP contribution in [0.25, 0.3) is 27.9 Å². The van der Waals surface area contributed by atoms with Crippen molar-refractivity contribution in [2.45, 2.75) is 18.9 Å². The van der Waals surface area contributed by atoms with E-state index in [1.165, 1.54) is 11.1 Å². The number of methoxy groups -OCH3 is 1. The van der Waals surface area contributed by atoms with Gasteiger partial charge < -0.3 is 9.64 Å². The van der Waals surface area contributed by atoms with Crippen LogP contribution in [0.2, 0.25) is 0 Å². The summed E-state index contributed by atoms with van der Waals surface area (Å²) in [5.74, 6) is 0. The quantitative estimate of drug-likeness (QED) is 0.551. The minimum absolute atomic E-state index is 0.373. The van der Waals surface area contributed by atoms with Crippen molar-refractivity contribution in [1.29, 1.82) is 0 Å². The lowest BCUT2D eigenvalue weighted by Gasteiger charge is -2.33. The molecule has 0 radical (unpaired) electrons. The molecule has 5 nitrogen and oxygen atoms in total. The summed E-state index contributed by atoms with van der Waals surface area (Å²) in [6, 6.07) is 16.7. The van der Waals surface area contributed by atoms with Gasteiger partial charge in [0.1, 0.15) is 5.65 Å². The molecule has 3 aromatic heterocycles. The SMILES string of the molecule is COC1CCN(c2cccc3ccc(-c4cnc5ccccn45)nc23)CC1. The van der Waals surface area contributed by atoms with Crippen molar-refractivity contribution in [1.82, 2.24) is 14.4 Å². The Morgan fingerprint density at radius 3 is 2.74 bits per heavy atom. The minimum Gasteiger partial charge on any atom is -0.381 e. The molecule has 1 aliphatic rings. The first-order valence-electron chi connectivity index (χ1n) is 9.43. The Morgan fingerprint density at radius 1 is 1.00 bits per heavy atom. The van der Waals surface area contributed by atoms with Crippen LogP contribution in [0.3, 0.4) is 0 Å². The largest absolute Gasteiger partial charge is 0.381 e. The molecular weight excluding hydrogens is 336 g/mol. The molecule has 0 aliphatic carbocycles. The summed E-state index contributed by atoms with van der Waals surface area (Å²) in [7, 11) is 1.81. The highest BCUT2D eigenvalue weighted by Crippen LogP contribution is 2.30. The molecular formula is C22H22N4O. The zero-order chi connectivity index (χ0) is 18.2. The molecule has 5 heteroatoms. The van der Waals surface area contributed by atoms with Gasteiger partial charge in [0, 0.05) is 31.8 Å². The van der Waals surface area contributed by atoms with Gasteiger partial charge in [0.15, 0.2) is 0 Å². The second-order valence-corrected chi connectivity index (χ2v) is 7.04. The van der Waals surface area contributed by atoms with Crippen LogP contribution in [0.5, 0.6) is 0 Å². The monoisotopic (exact) mass is 358 g/mol. The maximum atomic E-state index is 5.52. The number of anilines is 1. The van der Waals surface area contributed by atoms with Crippen LogP contribution in [-0.2, 0) is 4.74 Å². The lowest BCUT2D eigenvalue weighted by atomic mass is 10.1. The number of fused-ring (bicyclic) bond motifs is 2. The van der Waals surface area contributed by atoms with E-state index in [1.54, 1.807) is 0 Å². The van der Waals surface area contributed by atoms with Crippen molar-refractivity contribution in [2.75, 3.05) is 25.1 Å². The predicted octanol–water partition coefficient (Wildman–Crippen LogP) is 4.16. The number of imidazole rings is 1. The van der Waals surface area contributed by atoms with Gasteiger partial charge in [-0.2, -0.15) is 0 Å². The van der Waals surface area contributed by atoms with E-state index in [0.717, 1.165) is 48.5 Å². The number of benzene rings is 1. The lowest BCUT2D eigenvalue weighted by molar-refractivity contribution is 0.0819. The second kappa shape index (κ2) is 6.67. The van der Waals surface area contributed by atoms with Crippen LogP contribution >= 0.6 is 0 Å². The van der Waals surface area contributed by atoms with Gasteiger partial charge in [0.05, 0.1) is 34.9 Å². The number of rotatable bonds is 3. The number of hydrogen-bond acceptors (Lipinski definition) is 4. The van der Waals surface area contributed by atoms with Gasteiger partial charge in [-0.15, -0.1) is 0 Å². The van der Waals surface area contributed by atoms with E-state index in [0.29, 0.717) is 6.10 Å². The first kappa shape index (κ1) is 16.3. The van der Waals surface area contributed by atoms with Crippen LogP contribution in [0.1, 0.15) is 12.8 Å². The summed E-state index contributed by atoms with van der Waals surface area (Å²) in [6.07, 6.45) is 6.42. The lowest BCUT2D eigenvalue weighted by Crippen LogP contribution is -2.36. The standard InChI is InChI=1S/C22H22N4O/c1-27-17-10-13-25(14-11-17)19-6-4-5-16-8-9-18(24-22(16)19)20-15-23-21-7-2-3-12-26(20)21/h2-9,12,15,17H,10-11,13-14H2,1H3. The maximum absolute atomic E-state index is 5.52. The molecule has 0 spiro atoms. The van der Waals surface area contributed by atoms with E-state index in [9.17, 15) is 0 Å². The van der Waals surface area contributed by atoms with E-state index in [-0.39, 0.29) is 0 Å². The number of ether oxygens (including phenoxy) is 1. The minimum atomic E-state index is 0.373. The number of piperidine rings is 1. The van der Waals surface area contributed by atoms with Gasteiger partial charge in [-0.25, -0.2) is 9.97 Å². The summed E-state index contributed by atoms with van der Waals surface area (Å²) < 4.78 is 7.60. The molecule has 4 heterocycles. The number of nitrogens with zero attached hydrogens (tertiary/aromatic N) is 4. The number of pyridine rings is 2. The summed E-state index contributed by atoms with van der Waals surface area (Å²) in [4.78, 5) is 12.0. The van der Waals surface area contributed by atoms with Gasteiger partial charge >= 0.3 is 0 Å². The molecule has 1 aliphatic heterocycles. The molecule has 27 heavy (non-hydrogen) atoms. The van der Waals surface area contributed by atoms with Gasteiger partial charge in [-0.1, -0.05) is 24.3 Å². The van der Waals surface area contributed by atoms with Gasteiger partial charge in [0.2, 0.25) is 0 Å². The topological polar surface area (TPSA) is 42.7 Å². The van der Waals surface area contributed by atoms with Crippen molar-refractivity contribution in [3.8, 4) is 11.4 Å². The van der Waals surface area contributed by atoms with Crippen molar-refractivity contribution >= 4 is 22.2 Å². The predicted molar refractivity (Wildman–Crippen MR) is 108 cm³/mol. The van der Waals surface area contributed by atoms with Gasteiger partial charge in [-0.3, -0.25) is 4.40 Å². The van der Waals surface area contributed by atoms with E-state index in [1.807, 2.05) is 37.7 Å². The van der Waals surface area contributed by atoms with Crippen LogP contribution in [0.15, 0.2) is 60.9 Å². The highest BCUT2D eigenvalue weighted by Gasteiger charge is 2.21. The highest BCUT2D eigenvalue weighted by atomic mass is 16.5. The van der Waals surface area contributed by atoms with Crippen LogP contribution < -0.4 is 4.90 Å². The fourth-order valence-corrected chi connectivity index (χ4v) is 3.98. The molecule has 0 amide bonds. The molecule has 0 bridgehead atoms. The number of para-hydroxylation sites is 1. The van der Waals surface area contributed by atoms with E-state index in [2.05, 4.69) is 44.6 Å². The number of hydrogen-bond donors (Lipinski definition) is 0. The van der Waals surface area contributed by atoms with Gasteiger partial charge in [-0.05, 0) is 37.1 Å². The normalized spacial score (nSPS) is 15.7. The van der Waals surface area contributed by atoms with Crippen molar-refractivity contribution < 1.29 is 4.74 Å². The Labute approximate surface area is 158 Å². The van der Waals surface area contributed by atoms with Crippen LogP contribution in [0, 0.1) is 0 Å². The Morgan fingerprint density at radius 2 is 1.89 bits per heavy atom. The fourth-order valence-electron chi connectivity index (χ4n) is 3.98. The molecule has 0 N–H and O–H groups in total. The zero-order valence-corrected chi connectivity index (χ0v) is 15.4. The summed E-state index contributed by atoms with van der Waals surface area (Å²) >= 11 is 0. The first-order valence-corrected chi connectivity index (χ1v) is 9.43. The van der Waals surface area contributed by atoms with Crippen LogP contribution in [0.4, 0.5) is 5.69 Å². The molecule has 1 fully saturated rings. The van der Waals surface area contributed by atoms with E-state index < -0.39 is 0 Å². The summed E-state index contributed by atoms with van der Waals surface area (Å²) in [5, 5.41) is 1.17. The molecule has 0 atom stereocenters. The zero-order valence-electron chi connectivity index (χ0n) is 15.4. The Kier molecular flexibility index (Phi) is 4.02. The molecule has 136 valence electrons. The van der Waals surface area contributed by atoms with E-state index in [4.69, 9.17) is 9.72 Å².